The van der Waals surface area contributed by atoms with E-state index in [9.17, 15) is 4.79 Å². The van der Waals surface area contributed by atoms with E-state index < -0.39 is 5.54 Å². The number of amides is 1. The van der Waals surface area contributed by atoms with E-state index in [-0.39, 0.29) is 5.91 Å². The highest BCUT2D eigenvalue weighted by atomic mass is 16.5. The average Bonchev–Trinajstić information content (AvgIpc) is 2.82. The lowest BCUT2D eigenvalue weighted by molar-refractivity contribution is -0.122. The van der Waals surface area contributed by atoms with Gasteiger partial charge in [-0.25, -0.2) is 0 Å². The third kappa shape index (κ3) is 3.16. The number of ether oxygens (including phenoxy) is 1. The van der Waals surface area contributed by atoms with Gasteiger partial charge in [0.05, 0.1) is 7.11 Å². The molecule has 4 heteroatoms. The third-order valence-corrected chi connectivity index (χ3v) is 3.98. The molecule has 0 spiro atoms. The largest absolute Gasteiger partial charge is 0.497 e. The molecule has 1 amide bonds. The SMILES string of the molecule is C=CCC1(Nc2ccc(OC)cc2)C(=O)NC(=C/C)/C1=C\CC. The number of methoxy groups -OCH3 is 1. The number of hydrogen-bond donors (Lipinski definition) is 2. The molecule has 1 heterocycles. The summed E-state index contributed by atoms with van der Waals surface area (Å²) in [6, 6.07) is 7.56. The topological polar surface area (TPSA) is 50.4 Å². The number of rotatable bonds is 6. The molecular formula is C19H24N2O2. The first-order valence-corrected chi connectivity index (χ1v) is 7.83. The Hall–Kier alpha value is -2.49. The maximum absolute atomic E-state index is 12.7. The summed E-state index contributed by atoms with van der Waals surface area (Å²) < 4.78 is 5.18. The monoisotopic (exact) mass is 312 g/mol. The van der Waals surface area contributed by atoms with Gasteiger partial charge in [-0.1, -0.05) is 25.2 Å². The molecular weight excluding hydrogens is 288 g/mol. The van der Waals surface area contributed by atoms with Crippen LogP contribution in [0.25, 0.3) is 0 Å². The predicted octanol–water partition coefficient (Wildman–Crippen LogP) is 3.79. The van der Waals surface area contributed by atoms with Crippen molar-refractivity contribution in [3.63, 3.8) is 0 Å². The molecule has 0 bridgehead atoms. The number of carbonyl (C=O) groups excluding carboxylic acids is 1. The van der Waals surface area contributed by atoms with Crippen LogP contribution in [0.4, 0.5) is 5.69 Å². The first-order chi connectivity index (χ1) is 11.1. The lowest BCUT2D eigenvalue weighted by Crippen LogP contribution is -2.46. The molecule has 0 saturated carbocycles. The molecule has 1 fully saturated rings. The van der Waals surface area contributed by atoms with E-state index in [0.717, 1.165) is 29.1 Å². The van der Waals surface area contributed by atoms with Crippen molar-refractivity contribution in [2.24, 2.45) is 0 Å². The fourth-order valence-electron chi connectivity index (χ4n) is 2.88. The molecule has 4 nitrogen and oxygen atoms in total. The summed E-state index contributed by atoms with van der Waals surface area (Å²) in [6.07, 6.45) is 7.16. The van der Waals surface area contributed by atoms with Gasteiger partial charge in [0.2, 0.25) is 0 Å². The van der Waals surface area contributed by atoms with Crippen molar-refractivity contribution in [2.45, 2.75) is 32.2 Å². The molecule has 0 aromatic heterocycles. The molecule has 23 heavy (non-hydrogen) atoms. The van der Waals surface area contributed by atoms with Crippen LogP contribution in [0.2, 0.25) is 0 Å². The van der Waals surface area contributed by atoms with Gasteiger partial charge in [-0.2, -0.15) is 0 Å². The summed E-state index contributed by atoms with van der Waals surface area (Å²) in [6.45, 7) is 7.82. The van der Waals surface area contributed by atoms with E-state index in [1.54, 1.807) is 13.2 Å². The molecule has 1 aromatic carbocycles. The van der Waals surface area contributed by atoms with Crippen LogP contribution in [-0.4, -0.2) is 18.6 Å². The van der Waals surface area contributed by atoms with Crippen molar-refractivity contribution in [1.29, 1.82) is 0 Å². The molecule has 1 aromatic rings. The highest BCUT2D eigenvalue weighted by Gasteiger charge is 2.47. The summed E-state index contributed by atoms with van der Waals surface area (Å²) in [5.74, 6) is 0.726. The Balaban J connectivity index is 2.46. The minimum atomic E-state index is -0.825. The van der Waals surface area contributed by atoms with Crippen molar-refractivity contribution in [3.05, 3.63) is 60.3 Å². The van der Waals surface area contributed by atoms with Gasteiger partial charge in [0.15, 0.2) is 0 Å². The Kier molecular flexibility index (Phi) is 5.27. The van der Waals surface area contributed by atoms with Crippen LogP contribution in [0.1, 0.15) is 26.7 Å². The van der Waals surface area contributed by atoms with Gasteiger partial charge in [-0.3, -0.25) is 4.79 Å². The molecule has 1 aliphatic heterocycles. The van der Waals surface area contributed by atoms with Gasteiger partial charge in [0.25, 0.3) is 5.91 Å². The number of nitrogens with one attached hydrogen (secondary N) is 2. The summed E-state index contributed by atoms with van der Waals surface area (Å²) in [5, 5.41) is 6.38. The second-order valence-electron chi connectivity index (χ2n) is 5.43. The van der Waals surface area contributed by atoms with Gasteiger partial charge in [-0.15, -0.1) is 6.58 Å². The Morgan fingerprint density at radius 1 is 1.35 bits per heavy atom. The Morgan fingerprint density at radius 2 is 2.04 bits per heavy atom. The minimum absolute atomic E-state index is 0.0546. The van der Waals surface area contributed by atoms with Crippen LogP contribution in [0.5, 0.6) is 5.75 Å². The third-order valence-electron chi connectivity index (χ3n) is 3.98. The zero-order valence-electron chi connectivity index (χ0n) is 14.0. The molecule has 0 aliphatic carbocycles. The number of allylic oxidation sites excluding steroid dienone is 2. The standard InChI is InChI=1S/C19H24N2O2/c1-5-8-16-17(7-3)20-18(22)19(16,13-6-2)21-14-9-11-15(23-4)12-10-14/h6-12,21H,2,5,13H2,1,3-4H3,(H,20,22)/b16-8+,17-7+. The van der Waals surface area contributed by atoms with Crippen molar-refractivity contribution in [1.82, 2.24) is 5.32 Å². The van der Waals surface area contributed by atoms with Crippen molar-refractivity contribution in [2.75, 3.05) is 12.4 Å². The zero-order valence-corrected chi connectivity index (χ0v) is 14.0. The van der Waals surface area contributed by atoms with Crippen LogP contribution in [-0.2, 0) is 4.79 Å². The number of hydrogen-bond acceptors (Lipinski definition) is 3. The van der Waals surface area contributed by atoms with E-state index in [2.05, 4.69) is 30.2 Å². The minimum Gasteiger partial charge on any atom is -0.497 e. The highest BCUT2D eigenvalue weighted by Crippen LogP contribution is 2.37. The molecule has 1 unspecified atom stereocenters. The molecule has 122 valence electrons. The van der Waals surface area contributed by atoms with E-state index in [4.69, 9.17) is 4.74 Å². The van der Waals surface area contributed by atoms with Gasteiger partial charge in [-0.05, 0) is 37.6 Å². The van der Waals surface area contributed by atoms with E-state index in [0.29, 0.717) is 6.42 Å². The van der Waals surface area contributed by atoms with Crippen molar-refractivity contribution >= 4 is 11.6 Å². The maximum Gasteiger partial charge on any atom is 0.255 e. The zero-order chi connectivity index (χ0) is 16.9. The van der Waals surface area contributed by atoms with Crippen LogP contribution in [0.15, 0.2) is 60.3 Å². The summed E-state index contributed by atoms with van der Waals surface area (Å²) >= 11 is 0. The molecule has 1 aliphatic rings. The summed E-state index contributed by atoms with van der Waals surface area (Å²) in [5.41, 5.74) is 1.87. The van der Waals surface area contributed by atoms with Crippen molar-refractivity contribution < 1.29 is 9.53 Å². The Morgan fingerprint density at radius 3 is 2.57 bits per heavy atom. The van der Waals surface area contributed by atoms with Gasteiger partial charge in [0.1, 0.15) is 11.3 Å². The summed E-state index contributed by atoms with van der Waals surface area (Å²) in [4.78, 5) is 12.7. The quantitative estimate of drug-likeness (QED) is 0.786. The normalized spacial score (nSPS) is 23.9. The predicted molar refractivity (Wildman–Crippen MR) is 94.4 cm³/mol. The summed E-state index contributed by atoms with van der Waals surface area (Å²) in [7, 11) is 1.63. The van der Waals surface area contributed by atoms with E-state index >= 15 is 0 Å². The molecule has 2 rings (SSSR count). The average molecular weight is 312 g/mol. The Labute approximate surface area is 137 Å². The fraction of sp³-hybridized carbons (Fsp3) is 0.316. The second-order valence-corrected chi connectivity index (χ2v) is 5.43. The molecule has 2 N–H and O–H groups in total. The van der Waals surface area contributed by atoms with Gasteiger partial charge in [0, 0.05) is 23.4 Å². The fourth-order valence-corrected chi connectivity index (χ4v) is 2.88. The first-order valence-electron chi connectivity index (χ1n) is 7.83. The number of carbonyl (C=O) groups is 1. The van der Waals surface area contributed by atoms with E-state index in [1.807, 2.05) is 37.3 Å². The lowest BCUT2D eigenvalue weighted by atomic mass is 9.86. The van der Waals surface area contributed by atoms with Crippen LogP contribution < -0.4 is 15.4 Å². The van der Waals surface area contributed by atoms with Crippen LogP contribution in [0, 0.1) is 0 Å². The molecule has 0 radical (unpaired) electrons. The van der Waals surface area contributed by atoms with E-state index in [1.165, 1.54) is 0 Å². The lowest BCUT2D eigenvalue weighted by Gasteiger charge is -2.29. The Bertz CT molecular complexity index is 644. The smallest absolute Gasteiger partial charge is 0.255 e. The first kappa shape index (κ1) is 16.9. The maximum atomic E-state index is 12.7. The number of benzene rings is 1. The number of anilines is 1. The van der Waals surface area contributed by atoms with Crippen LogP contribution >= 0.6 is 0 Å². The van der Waals surface area contributed by atoms with Crippen molar-refractivity contribution in [3.8, 4) is 5.75 Å². The second kappa shape index (κ2) is 7.18. The van der Waals surface area contributed by atoms with Gasteiger partial charge >= 0.3 is 0 Å². The molecule has 1 atom stereocenters. The highest BCUT2D eigenvalue weighted by molar-refractivity contribution is 6.00. The molecule has 1 saturated heterocycles. The van der Waals surface area contributed by atoms with Gasteiger partial charge < -0.3 is 15.4 Å². The van der Waals surface area contributed by atoms with Crippen LogP contribution in [0.3, 0.4) is 0 Å².